The van der Waals surface area contributed by atoms with Gasteiger partial charge in [-0.15, -0.1) is 0 Å². The second kappa shape index (κ2) is 6.89. The van der Waals surface area contributed by atoms with E-state index in [0.29, 0.717) is 0 Å². The molecule has 1 aromatic carbocycles. The lowest BCUT2D eigenvalue weighted by Gasteiger charge is -2.32. The van der Waals surface area contributed by atoms with Gasteiger partial charge in [-0.05, 0) is 51.3 Å². The molecule has 1 unspecified atom stereocenters. The molecule has 1 fully saturated rings. The lowest BCUT2D eigenvalue weighted by Crippen LogP contribution is -2.44. The van der Waals surface area contributed by atoms with Crippen LogP contribution in [0.2, 0.25) is 0 Å². The molecule has 2 rings (SSSR count). The van der Waals surface area contributed by atoms with Crippen molar-refractivity contribution in [2.45, 2.75) is 46.2 Å². The number of hydrogen-bond donors (Lipinski definition) is 1. The summed E-state index contributed by atoms with van der Waals surface area (Å²) < 4.78 is 0. The Balaban J connectivity index is 1.94. The summed E-state index contributed by atoms with van der Waals surface area (Å²) in [7, 11) is 0. The fourth-order valence-electron chi connectivity index (χ4n) is 2.84. The summed E-state index contributed by atoms with van der Waals surface area (Å²) in [5, 5.41) is 3.04. The Morgan fingerprint density at radius 2 is 2.15 bits per heavy atom. The van der Waals surface area contributed by atoms with Crippen LogP contribution in [0, 0.1) is 12.8 Å². The van der Waals surface area contributed by atoms with Gasteiger partial charge >= 0.3 is 0 Å². The number of carbonyl (C=O) groups excluding carboxylic acids is 1. The second-order valence-electron chi connectivity index (χ2n) is 6.16. The molecule has 1 aromatic rings. The molecular weight excluding hydrogens is 248 g/mol. The predicted octanol–water partition coefficient (Wildman–Crippen LogP) is 2.73. The van der Waals surface area contributed by atoms with Crippen LogP contribution in [0.15, 0.2) is 24.3 Å². The molecule has 0 radical (unpaired) electrons. The van der Waals surface area contributed by atoms with E-state index in [-0.39, 0.29) is 17.9 Å². The van der Waals surface area contributed by atoms with Crippen LogP contribution in [0.1, 0.15) is 37.8 Å². The van der Waals surface area contributed by atoms with Gasteiger partial charge in [-0.25, -0.2) is 0 Å². The lowest BCUT2D eigenvalue weighted by molar-refractivity contribution is -0.127. The largest absolute Gasteiger partial charge is 0.354 e. The molecule has 0 aromatic heterocycles. The maximum Gasteiger partial charge on any atom is 0.224 e. The first kappa shape index (κ1) is 15.0. The van der Waals surface area contributed by atoms with E-state index in [2.05, 4.69) is 41.4 Å². The van der Waals surface area contributed by atoms with Crippen molar-refractivity contribution in [2.75, 3.05) is 13.1 Å². The van der Waals surface area contributed by atoms with Gasteiger partial charge in [0.1, 0.15) is 0 Å². The van der Waals surface area contributed by atoms with Crippen LogP contribution in [-0.2, 0) is 11.3 Å². The van der Waals surface area contributed by atoms with Crippen LogP contribution in [0.25, 0.3) is 0 Å². The monoisotopic (exact) mass is 274 g/mol. The topological polar surface area (TPSA) is 32.3 Å². The molecule has 0 saturated carbocycles. The zero-order valence-corrected chi connectivity index (χ0v) is 12.9. The third-order valence-corrected chi connectivity index (χ3v) is 3.96. The normalized spacial score (nSPS) is 20.1. The Morgan fingerprint density at radius 1 is 1.40 bits per heavy atom. The summed E-state index contributed by atoms with van der Waals surface area (Å²) >= 11 is 0. The Kier molecular flexibility index (Phi) is 5.18. The molecule has 1 N–H and O–H groups in total. The van der Waals surface area contributed by atoms with Crippen molar-refractivity contribution < 1.29 is 4.79 Å². The molecule has 3 heteroatoms. The van der Waals surface area contributed by atoms with Gasteiger partial charge in [0, 0.05) is 19.1 Å². The van der Waals surface area contributed by atoms with E-state index in [1.165, 1.54) is 11.1 Å². The highest BCUT2D eigenvalue weighted by Gasteiger charge is 2.26. The number of carbonyl (C=O) groups is 1. The van der Waals surface area contributed by atoms with E-state index in [1.54, 1.807) is 0 Å². The number of rotatable bonds is 4. The highest BCUT2D eigenvalue weighted by Crippen LogP contribution is 2.20. The number of likely N-dealkylation sites (tertiary alicyclic amines) is 1. The highest BCUT2D eigenvalue weighted by atomic mass is 16.2. The zero-order valence-electron chi connectivity index (χ0n) is 12.9. The first-order valence-corrected chi connectivity index (χ1v) is 7.63. The summed E-state index contributed by atoms with van der Waals surface area (Å²) in [6, 6.07) is 8.74. The zero-order chi connectivity index (χ0) is 14.5. The molecule has 1 saturated heterocycles. The highest BCUT2D eigenvalue weighted by molar-refractivity contribution is 5.79. The SMILES string of the molecule is Cc1ccccc1CN1CCCC(C(=O)NC(C)C)C1. The molecule has 20 heavy (non-hydrogen) atoms. The smallest absolute Gasteiger partial charge is 0.224 e. The Hall–Kier alpha value is -1.35. The summed E-state index contributed by atoms with van der Waals surface area (Å²) in [6.45, 7) is 9.13. The first-order valence-electron chi connectivity index (χ1n) is 7.63. The number of hydrogen-bond acceptors (Lipinski definition) is 2. The average Bonchev–Trinajstić information content (AvgIpc) is 2.41. The molecule has 1 heterocycles. The van der Waals surface area contributed by atoms with E-state index < -0.39 is 0 Å². The number of benzene rings is 1. The average molecular weight is 274 g/mol. The minimum absolute atomic E-state index is 0.148. The van der Waals surface area contributed by atoms with Crippen molar-refractivity contribution in [3.8, 4) is 0 Å². The van der Waals surface area contributed by atoms with E-state index in [1.807, 2.05) is 13.8 Å². The fraction of sp³-hybridized carbons (Fsp3) is 0.588. The molecular formula is C17H26N2O. The van der Waals surface area contributed by atoms with Gasteiger partial charge in [0.25, 0.3) is 0 Å². The lowest BCUT2D eigenvalue weighted by atomic mass is 9.96. The molecule has 3 nitrogen and oxygen atoms in total. The molecule has 1 aliphatic heterocycles. The standard InChI is InChI=1S/C17H26N2O/c1-13(2)18-17(20)16-9-6-10-19(12-16)11-15-8-5-4-7-14(15)3/h4-5,7-8,13,16H,6,9-12H2,1-3H3,(H,18,20). The number of aryl methyl sites for hydroxylation is 1. The Morgan fingerprint density at radius 3 is 2.85 bits per heavy atom. The van der Waals surface area contributed by atoms with Gasteiger partial charge in [-0.3, -0.25) is 9.69 Å². The first-order chi connectivity index (χ1) is 9.56. The van der Waals surface area contributed by atoms with Gasteiger partial charge < -0.3 is 5.32 Å². The van der Waals surface area contributed by atoms with Gasteiger partial charge in [-0.1, -0.05) is 24.3 Å². The Labute approximate surface area is 122 Å². The minimum atomic E-state index is 0.148. The number of nitrogens with one attached hydrogen (secondary N) is 1. The maximum absolute atomic E-state index is 12.1. The fourth-order valence-corrected chi connectivity index (χ4v) is 2.84. The number of amides is 1. The number of nitrogens with zero attached hydrogens (tertiary/aromatic N) is 1. The van der Waals surface area contributed by atoms with E-state index in [9.17, 15) is 4.79 Å². The van der Waals surface area contributed by atoms with Crippen LogP contribution >= 0.6 is 0 Å². The van der Waals surface area contributed by atoms with Crippen LogP contribution in [0.4, 0.5) is 0 Å². The van der Waals surface area contributed by atoms with Gasteiger partial charge in [0.15, 0.2) is 0 Å². The van der Waals surface area contributed by atoms with Gasteiger partial charge in [-0.2, -0.15) is 0 Å². The van der Waals surface area contributed by atoms with Crippen molar-refractivity contribution in [1.82, 2.24) is 10.2 Å². The molecule has 110 valence electrons. The van der Waals surface area contributed by atoms with Gasteiger partial charge in [0.05, 0.1) is 5.92 Å². The van der Waals surface area contributed by atoms with Crippen LogP contribution in [0.3, 0.4) is 0 Å². The molecule has 0 aliphatic carbocycles. The van der Waals surface area contributed by atoms with E-state index in [0.717, 1.165) is 32.5 Å². The van der Waals surface area contributed by atoms with Crippen LogP contribution < -0.4 is 5.32 Å². The second-order valence-corrected chi connectivity index (χ2v) is 6.16. The molecule has 1 amide bonds. The third-order valence-electron chi connectivity index (χ3n) is 3.96. The van der Waals surface area contributed by atoms with E-state index >= 15 is 0 Å². The summed E-state index contributed by atoms with van der Waals surface area (Å²) in [5.41, 5.74) is 2.71. The molecule has 1 atom stereocenters. The van der Waals surface area contributed by atoms with Crippen molar-refractivity contribution in [3.05, 3.63) is 35.4 Å². The molecule has 0 spiro atoms. The van der Waals surface area contributed by atoms with E-state index in [4.69, 9.17) is 0 Å². The van der Waals surface area contributed by atoms with Gasteiger partial charge in [0.2, 0.25) is 5.91 Å². The minimum Gasteiger partial charge on any atom is -0.354 e. The van der Waals surface area contributed by atoms with Crippen LogP contribution in [-0.4, -0.2) is 29.9 Å². The predicted molar refractivity (Wildman–Crippen MR) is 82.5 cm³/mol. The van der Waals surface area contributed by atoms with Crippen molar-refractivity contribution in [1.29, 1.82) is 0 Å². The summed E-state index contributed by atoms with van der Waals surface area (Å²) in [5.74, 6) is 0.365. The molecule has 0 bridgehead atoms. The third kappa shape index (κ3) is 4.07. The number of piperidine rings is 1. The summed E-state index contributed by atoms with van der Waals surface area (Å²) in [4.78, 5) is 14.5. The van der Waals surface area contributed by atoms with Crippen molar-refractivity contribution in [3.63, 3.8) is 0 Å². The molecule has 1 aliphatic rings. The maximum atomic E-state index is 12.1. The van der Waals surface area contributed by atoms with Crippen molar-refractivity contribution >= 4 is 5.91 Å². The summed E-state index contributed by atoms with van der Waals surface area (Å²) in [6.07, 6.45) is 2.13. The van der Waals surface area contributed by atoms with Crippen molar-refractivity contribution in [2.24, 2.45) is 5.92 Å². The van der Waals surface area contributed by atoms with Crippen LogP contribution in [0.5, 0.6) is 0 Å². The Bertz CT molecular complexity index is 456. The quantitative estimate of drug-likeness (QED) is 0.915.